The van der Waals surface area contributed by atoms with Crippen LogP contribution >= 0.6 is 0 Å². The van der Waals surface area contributed by atoms with Gasteiger partial charge in [-0.25, -0.2) is 9.13 Å². The number of hydrogen-bond donors (Lipinski definition) is 0. The van der Waals surface area contributed by atoms with Gasteiger partial charge in [0.25, 0.3) is 22.9 Å². The standard InChI is InChI=1S/C13H17N2O.C6H3N3O7/c1-4-14-11(3)15(9-10(2)16)13-8-6-5-7-12(13)14;10-6-4(8(13)14)1-3(7(11)12)2-5(6)9(15)16/h5-8H,4,9H2,1-3H3;1-2,10H/q+1;/p-1. The van der Waals surface area contributed by atoms with Crippen molar-refractivity contribution in [3.63, 3.8) is 0 Å². The third kappa shape index (κ3) is 4.83. The van der Waals surface area contributed by atoms with E-state index in [0.29, 0.717) is 18.7 Å². The summed E-state index contributed by atoms with van der Waals surface area (Å²) in [6.45, 7) is 7.20. The molecule has 0 atom stereocenters. The van der Waals surface area contributed by atoms with E-state index in [1.54, 1.807) is 6.92 Å². The van der Waals surface area contributed by atoms with Crippen molar-refractivity contribution in [1.82, 2.24) is 4.57 Å². The molecule has 3 rings (SSSR count). The van der Waals surface area contributed by atoms with E-state index in [9.17, 15) is 40.2 Å². The summed E-state index contributed by atoms with van der Waals surface area (Å²) in [7, 11) is 0. The Bertz CT molecular complexity index is 1200. The van der Waals surface area contributed by atoms with Crippen molar-refractivity contribution >= 4 is 33.9 Å². The molecule has 0 aliphatic heterocycles. The Morgan fingerprint density at radius 2 is 1.53 bits per heavy atom. The maximum absolute atomic E-state index is 11.3. The Hall–Kier alpha value is -4.42. The van der Waals surface area contributed by atoms with E-state index in [-0.39, 0.29) is 5.78 Å². The minimum Gasteiger partial charge on any atom is -0.863 e. The zero-order chi connectivity index (χ0) is 24.2. The van der Waals surface area contributed by atoms with Crippen LogP contribution in [0.5, 0.6) is 5.75 Å². The molecule has 0 amide bonds. The normalized spacial score (nSPS) is 10.3. The number of aryl methyl sites for hydroxylation is 1. The first-order valence-corrected chi connectivity index (χ1v) is 9.24. The summed E-state index contributed by atoms with van der Waals surface area (Å²) in [6, 6.07) is 8.98. The number of carbonyl (C=O) groups excluding carboxylic acids is 1. The number of Topliss-reactive ketones (excluding diaryl/α,β-unsaturated/α-hetero) is 1. The topological polar surface area (TPSA) is 178 Å². The average molecular weight is 445 g/mol. The van der Waals surface area contributed by atoms with E-state index in [0.717, 1.165) is 17.9 Å². The summed E-state index contributed by atoms with van der Waals surface area (Å²) in [5.74, 6) is -0.133. The van der Waals surface area contributed by atoms with E-state index in [1.165, 1.54) is 5.52 Å². The predicted octanol–water partition coefficient (Wildman–Crippen LogP) is 2.33. The molecule has 0 radical (unpaired) electrons. The lowest BCUT2D eigenvalue weighted by Gasteiger charge is -2.06. The number of imidazole rings is 1. The Kier molecular flexibility index (Phi) is 7.15. The number of carbonyl (C=O) groups is 1. The Morgan fingerprint density at radius 3 is 1.97 bits per heavy atom. The molecule has 32 heavy (non-hydrogen) atoms. The molecule has 2 aromatic carbocycles. The number of para-hydroxylation sites is 2. The van der Waals surface area contributed by atoms with Gasteiger partial charge in [-0.15, -0.1) is 0 Å². The third-order valence-electron chi connectivity index (χ3n) is 4.58. The SMILES string of the molecule is CCn1c(C)[n+](CC(C)=O)c2ccccc21.O=[N+]([O-])c1cc([N+](=O)[O-])c([O-])c([N+](=O)[O-])c1. The maximum atomic E-state index is 11.3. The second-order valence-corrected chi connectivity index (χ2v) is 6.65. The molecule has 0 saturated carbocycles. The highest BCUT2D eigenvalue weighted by atomic mass is 16.6. The molecule has 0 spiro atoms. The van der Waals surface area contributed by atoms with E-state index in [2.05, 4.69) is 35.1 Å². The molecule has 0 aliphatic carbocycles. The van der Waals surface area contributed by atoms with E-state index >= 15 is 0 Å². The van der Waals surface area contributed by atoms with Crippen molar-refractivity contribution in [3.8, 4) is 5.75 Å². The summed E-state index contributed by atoms with van der Waals surface area (Å²) in [5, 5.41) is 42.1. The summed E-state index contributed by atoms with van der Waals surface area (Å²) in [5.41, 5.74) is -0.930. The molecule has 168 valence electrons. The number of ketones is 1. The molecule has 13 nitrogen and oxygen atoms in total. The molecule has 0 N–H and O–H groups in total. The Morgan fingerprint density at radius 1 is 1.00 bits per heavy atom. The number of nitrogens with zero attached hydrogens (tertiary/aromatic N) is 5. The number of aromatic nitrogens is 2. The molecule has 0 bridgehead atoms. The number of rotatable bonds is 6. The average Bonchev–Trinajstić information content (AvgIpc) is 2.98. The van der Waals surface area contributed by atoms with Gasteiger partial charge >= 0.3 is 0 Å². The van der Waals surface area contributed by atoms with Gasteiger partial charge in [-0.05, 0) is 26.0 Å². The number of nitro groups is 3. The van der Waals surface area contributed by atoms with E-state index in [4.69, 9.17) is 0 Å². The lowest BCUT2D eigenvalue weighted by molar-refractivity contribution is -0.665. The zero-order valence-corrected chi connectivity index (χ0v) is 17.4. The Labute approximate surface area is 180 Å². The van der Waals surface area contributed by atoms with Crippen molar-refractivity contribution in [2.45, 2.75) is 33.9 Å². The van der Waals surface area contributed by atoms with Crippen LogP contribution in [-0.2, 0) is 17.9 Å². The second-order valence-electron chi connectivity index (χ2n) is 6.65. The lowest BCUT2D eigenvalue weighted by Crippen LogP contribution is -2.39. The van der Waals surface area contributed by atoms with E-state index < -0.39 is 37.6 Å². The highest BCUT2D eigenvalue weighted by Gasteiger charge is 2.24. The summed E-state index contributed by atoms with van der Waals surface area (Å²) in [6.07, 6.45) is 0. The third-order valence-corrected chi connectivity index (χ3v) is 4.58. The van der Waals surface area contributed by atoms with Crippen LogP contribution in [-0.4, -0.2) is 25.1 Å². The largest absolute Gasteiger partial charge is 0.863 e. The van der Waals surface area contributed by atoms with Crippen LogP contribution in [0.1, 0.15) is 19.7 Å². The quantitative estimate of drug-likeness (QED) is 0.315. The summed E-state index contributed by atoms with van der Waals surface area (Å²) >= 11 is 0. The zero-order valence-electron chi connectivity index (χ0n) is 17.4. The van der Waals surface area contributed by atoms with Gasteiger partial charge in [0.1, 0.15) is 6.54 Å². The molecule has 0 saturated heterocycles. The Balaban J connectivity index is 0.000000227. The molecule has 0 unspecified atom stereocenters. The molecule has 1 heterocycles. The molecule has 1 aromatic heterocycles. The fourth-order valence-electron chi connectivity index (χ4n) is 3.20. The van der Waals surface area contributed by atoms with Crippen LogP contribution in [0, 0.1) is 37.3 Å². The first-order valence-electron chi connectivity index (χ1n) is 9.24. The van der Waals surface area contributed by atoms with Crippen LogP contribution in [0.15, 0.2) is 36.4 Å². The number of hydrogen-bond acceptors (Lipinski definition) is 8. The van der Waals surface area contributed by atoms with Crippen molar-refractivity contribution in [1.29, 1.82) is 0 Å². The fourth-order valence-corrected chi connectivity index (χ4v) is 3.20. The monoisotopic (exact) mass is 445 g/mol. The molecule has 0 aliphatic rings. The summed E-state index contributed by atoms with van der Waals surface area (Å²) in [4.78, 5) is 38.8. The number of benzene rings is 2. The molecule has 3 aromatic rings. The van der Waals surface area contributed by atoms with Gasteiger partial charge in [-0.1, -0.05) is 12.1 Å². The van der Waals surface area contributed by atoms with Crippen LogP contribution < -0.4 is 9.67 Å². The highest BCUT2D eigenvalue weighted by Crippen LogP contribution is 2.36. The van der Waals surface area contributed by atoms with Gasteiger partial charge in [0, 0.05) is 6.92 Å². The van der Waals surface area contributed by atoms with Crippen LogP contribution in [0.25, 0.3) is 11.0 Å². The molecule has 0 fully saturated rings. The lowest BCUT2D eigenvalue weighted by atomic mass is 10.2. The smallest absolute Gasteiger partial charge is 0.283 e. The van der Waals surface area contributed by atoms with Crippen molar-refractivity contribution in [2.24, 2.45) is 0 Å². The van der Waals surface area contributed by atoms with Crippen LogP contribution in [0.3, 0.4) is 0 Å². The number of nitro benzene ring substituents is 3. The van der Waals surface area contributed by atoms with Crippen LogP contribution in [0.4, 0.5) is 17.1 Å². The van der Waals surface area contributed by atoms with Gasteiger partial charge in [-0.3, -0.25) is 35.1 Å². The van der Waals surface area contributed by atoms with Crippen molar-refractivity contribution in [3.05, 3.63) is 72.6 Å². The molecular weight excluding hydrogens is 426 g/mol. The van der Waals surface area contributed by atoms with Crippen molar-refractivity contribution < 1.29 is 29.2 Å². The first-order chi connectivity index (χ1) is 15.0. The number of fused-ring (bicyclic) bond motifs is 1. The van der Waals surface area contributed by atoms with Crippen molar-refractivity contribution in [2.75, 3.05) is 0 Å². The second kappa shape index (κ2) is 9.59. The number of non-ortho nitro benzene ring substituents is 1. The summed E-state index contributed by atoms with van der Waals surface area (Å²) < 4.78 is 4.32. The predicted molar refractivity (Wildman–Crippen MR) is 109 cm³/mol. The molecular formula is C19H19N5O8. The van der Waals surface area contributed by atoms with Gasteiger partial charge in [0.2, 0.25) is 0 Å². The van der Waals surface area contributed by atoms with Gasteiger partial charge in [0.05, 0.1) is 39.2 Å². The minimum atomic E-state index is -1.46. The van der Waals surface area contributed by atoms with Gasteiger partial charge in [-0.2, -0.15) is 0 Å². The van der Waals surface area contributed by atoms with E-state index in [1.807, 2.05) is 12.1 Å². The van der Waals surface area contributed by atoms with Crippen LogP contribution in [0.2, 0.25) is 0 Å². The fraction of sp³-hybridized carbons (Fsp3) is 0.263. The molecule has 13 heteroatoms. The van der Waals surface area contributed by atoms with Gasteiger partial charge < -0.3 is 5.11 Å². The maximum Gasteiger partial charge on any atom is 0.283 e. The highest BCUT2D eigenvalue weighted by molar-refractivity contribution is 5.76. The van der Waals surface area contributed by atoms with Gasteiger partial charge in [0.15, 0.2) is 16.8 Å². The first kappa shape index (κ1) is 23.9. The minimum absolute atomic E-state index is 0.187.